The summed E-state index contributed by atoms with van der Waals surface area (Å²) in [5.74, 6) is -0.256. The number of nitrogens with one attached hydrogen (secondary N) is 1. The minimum absolute atomic E-state index is 0.256. The molecule has 12 N–H and O–H groups in total. The first-order valence-corrected chi connectivity index (χ1v) is 25.4. The Kier molecular flexibility index (Phi) is 30.4. The van der Waals surface area contributed by atoms with E-state index in [-0.39, 0.29) is 18.9 Å². The molecule has 0 aromatic heterocycles. The Bertz CT molecular complexity index is 1300. The maximum atomic E-state index is 13.1. The Morgan fingerprint density at radius 2 is 0.940 bits per heavy atom. The Morgan fingerprint density at radius 1 is 0.522 bits per heavy atom. The fourth-order valence-electron chi connectivity index (χ4n) is 8.78. The molecule has 19 nitrogen and oxygen atoms in total. The SMILES string of the molecule is CCCCCCCC/C=C\CCCCCCCCCC(=O)NC(COC1OC(CO)C(OC2OC(CO)C(OC3OC(CO)C(O)C(O)C3O)C(O)C2O)C(O)C1O)C(O)CCCCCCC. The summed E-state index contributed by atoms with van der Waals surface area (Å²) in [6.07, 6.45) is 1.01. The van der Waals surface area contributed by atoms with E-state index < -0.39 is 124 Å². The number of aliphatic hydroxyl groups excluding tert-OH is 11. The summed E-state index contributed by atoms with van der Waals surface area (Å²) in [6.45, 7) is 1.64. The van der Waals surface area contributed by atoms with Crippen molar-refractivity contribution in [3.05, 3.63) is 12.2 Å². The lowest BCUT2D eigenvalue weighted by Gasteiger charge is -2.48. The van der Waals surface area contributed by atoms with Crippen molar-refractivity contribution in [3.63, 3.8) is 0 Å². The molecule has 0 aliphatic carbocycles. The van der Waals surface area contributed by atoms with Gasteiger partial charge < -0.3 is 89.9 Å². The molecule has 0 aromatic carbocycles. The first-order chi connectivity index (χ1) is 32.3. The molecule has 3 aliphatic heterocycles. The second kappa shape index (κ2) is 34.0. The van der Waals surface area contributed by atoms with Gasteiger partial charge in [-0.05, 0) is 38.5 Å². The van der Waals surface area contributed by atoms with E-state index in [0.717, 1.165) is 64.2 Å². The Hall–Kier alpha value is -1.47. The summed E-state index contributed by atoms with van der Waals surface area (Å²) in [7, 11) is 0. The maximum absolute atomic E-state index is 13.1. The van der Waals surface area contributed by atoms with Crippen LogP contribution in [-0.4, -0.2) is 193 Å². The molecule has 0 saturated carbocycles. The number of allylic oxidation sites excluding steroid dienone is 2. The molecule has 3 heterocycles. The van der Waals surface area contributed by atoms with Gasteiger partial charge in [-0.3, -0.25) is 4.79 Å². The van der Waals surface area contributed by atoms with Crippen LogP contribution < -0.4 is 5.32 Å². The van der Waals surface area contributed by atoms with Gasteiger partial charge >= 0.3 is 0 Å². The van der Waals surface area contributed by atoms with Crippen LogP contribution in [0.5, 0.6) is 0 Å². The van der Waals surface area contributed by atoms with Gasteiger partial charge in [-0.25, -0.2) is 0 Å². The summed E-state index contributed by atoms with van der Waals surface area (Å²) in [5.41, 5.74) is 0. The van der Waals surface area contributed by atoms with Gasteiger partial charge in [0, 0.05) is 6.42 Å². The summed E-state index contributed by atoms with van der Waals surface area (Å²) >= 11 is 0. The Morgan fingerprint density at radius 3 is 1.45 bits per heavy atom. The summed E-state index contributed by atoms with van der Waals surface area (Å²) in [4.78, 5) is 13.1. The summed E-state index contributed by atoms with van der Waals surface area (Å²) < 4.78 is 34.0. The summed E-state index contributed by atoms with van der Waals surface area (Å²) in [6, 6.07) is -0.881. The van der Waals surface area contributed by atoms with Crippen LogP contribution in [0.4, 0.5) is 0 Å². The van der Waals surface area contributed by atoms with E-state index in [9.17, 15) is 61.0 Å². The molecule has 0 spiro atoms. The van der Waals surface area contributed by atoms with E-state index in [1.165, 1.54) is 57.8 Å². The third-order valence-corrected chi connectivity index (χ3v) is 13.1. The van der Waals surface area contributed by atoms with Crippen molar-refractivity contribution in [3.8, 4) is 0 Å². The normalized spacial score (nSPS) is 33.5. The van der Waals surface area contributed by atoms with Crippen LogP contribution in [0.25, 0.3) is 0 Å². The lowest BCUT2D eigenvalue weighted by atomic mass is 9.96. The van der Waals surface area contributed by atoms with Gasteiger partial charge in [0.2, 0.25) is 5.91 Å². The van der Waals surface area contributed by atoms with Crippen molar-refractivity contribution in [2.45, 2.75) is 259 Å². The number of rotatable bonds is 35. The topological polar surface area (TPSA) is 307 Å². The molecule has 17 unspecified atom stereocenters. The van der Waals surface area contributed by atoms with Crippen molar-refractivity contribution in [1.29, 1.82) is 0 Å². The highest BCUT2D eigenvalue weighted by Gasteiger charge is 2.53. The highest BCUT2D eigenvalue weighted by molar-refractivity contribution is 5.76. The standard InChI is InChI=1S/C48H89NO18/c1-3-5-7-9-10-11-12-13-14-15-16-17-18-19-20-22-24-26-36(54)49-31(32(53)25-23-21-8-6-4-2)30-62-46-42(60)39(57)44(34(28-51)64-46)67-48-43(61)40(58)45(35(29-52)65-48)66-47-41(59)38(56)37(55)33(27-50)63-47/h13-14,31-35,37-48,50-53,55-61H,3-12,15-30H2,1-2H3,(H,49,54)/b14-13-. The van der Waals surface area contributed by atoms with Gasteiger partial charge in [-0.2, -0.15) is 0 Å². The minimum atomic E-state index is -1.97. The lowest BCUT2D eigenvalue weighted by Crippen LogP contribution is -2.66. The zero-order valence-corrected chi connectivity index (χ0v) is 40.1. The van der Waals surface area contributed by atoms with Crippen LogP contribution in [0, 0.1) is 0 Å². The Balaban J connectivity index is 1.49. The zero-order valence-electron chi connectivity index (χ0n) is 40.1. The number of carbonyl (C=O) groups is 1. The summed E-state index contributed by atoms with van der Waals surface area (Å²) in [5, 5.41) is 119. The molecule has 394 valence electrons. The predicted molar refractivity (Wildman–Crippen MR) is 245 cm³/mol. The van der Waals surface area contributed by atoms with E-state index >= 15 is 0 Å². The van der Waals surface area contributed by atoms with Crippen molar-refractivity contribution >= 4 is 5.91 Å². The molecule has 3 aliphatic rings. The average molecular weight is 968 g/mol. The second-order valence-electron chi connectivity index (χ2n) is 18.6. The Labute approximate surface area is 397 Å². The maximum Gasteiger partial charge on any atom is 0.220 e. The monoisotopic (exact) mass is 968 g/mol. The number of hydrogen-bond acceptors (Lipinski definition) is 18. The van der Waals surface area contributed by atoms with E-state index in [1.54, 1.807) is 0 Å². The fraction of sp³-hybridized carbons (Fsp3) is 0.938. The molecular formula is C48H89NO18. The molecule has 3 rings (SSSR count). The van der Waals surface area contributed by atoms with Gasteiger partial charge in [0.1, 0.15) is 73.2 Å². The molecular weight excluding hydrogens is 879 g/mol. The van der Waals surface area contributed by atoms with Gasteiger partial charge in [0.15, 0.2) is 18.9 Å². The van der Waals surface area contributed by atoms with Crippen LogP contribution in [-0.2, 0) is 33.2 Å². The number of hydrogen-bond donors (Lipinski definition) is 12. The minimum Gasteiger partial charge on any atom is -0.394 e. The van der Waals surface area contributed by atoms with E-state index in [4.69, 9.17) is 28.4 Å². The van der Waals surface area contributed by atoms with Crippen LogP contribution in [0.2, 0.25) is 0 Å². The third kappa shape index (κ3) is 20.3. The number of ether oxygens (including phenoxy) is 6. The van der Waals surface area contributed by atoms with Crippen LogP contribution in [0.1, 0.15) is 155 Å². The van der Waals surface area contributed by atoms with E-state index in [0.29, 0.717) is 12.8 Å². The highest BCUT2D eigenvalue weighted by Crippen LogP contribution is 2.33. The molecule has 19 heteroatoms. The highest BCUT2D eigenvalue weighted by atomic mass is 16.8. The lowest BCUT2D eigenvalue weighted by molar-refractivity contribution is -0.379. The largest absolute Gasteiger partial charge is 0.394 e. The second-order valence-corrected chi connectivity index (χ2v) is 18.6. The number of aliphatic hydroxyl groups is 11. The average Bonchev–Trinajstić information content (AvgIpc) is 3.32. The number of amides is 1. The van der Waals surface area contributed by atoms with Crippen LogP contribution in [0.3, 0.4) is 0 Å². The van der Waals surface area contributed by atoms with Gasteiger partial charge in [-0.15, -0.1) is 0 Å². The van der Waals surface area contributed by atoms with Gasteiger partial charge in [-0.1, -0.05) is 122 Å². The van der Waals surface area contributed by atoms with Gasteiger partial charge in [0.05, 0.1) is 38.6 Å². The third-order valence-electron chi connectivity index (χ3n) is 13.1. The van der Waals surface area contributed by atoms with Crippen molar-refractivity contribution in [2.24, 2.45) is 0 Å². The van der Waals surface area contributed by atoms with E-state index in [2.05, 4.69) is 31.3 Å². The zero-order chi connectivity index (χ0) is 49.1. The van der Waals surface area contributed by atoms with Crippen LogP contribution >= 0.6 is 0 Å². The molecule has 17 atom stereocenters. The quantitative estimate of drug-likeness (QED) is 0.0316. The number of unbranched alkanes of at least 4 members (excludes halogenated alkanes) is 17. The molecule has 67 heavy (non-hydrogen) atoms. The van der Waals surface area contributed by atoms with Crippen LogP contribution in [0.15, 0.2) is 12.2 Å². The first-order valence-electron chi connectivity index (χ1n) is 25.4. The van der Waals surface area contributed by atoms with Crippen molar-refractivity contribution in [2.75, 3.05) is 26.4 Å². The molecule has 0 aromatic rings. The van der Waals surface area contributed by atoms with Crippen molar-refractivity contribution < 1.29 is 89.4 Å². The van der Waals surface area contributed by atoms with Crippen molar-refractivity contribution in [1.82, 2.24) is 5.32 Å². The molecule has 3 fully saturated rings. The predicted octanol–water partition coefficient (Wildman–Crippen LogP) is 1.48. The number of carbonyl (C=O) groups excluding carboxylic acids is 1. The molecule has 3 saturated heterocycles. The fourth-order valence-corrected chi connectivity index (χ4v) is 8.78. The molecule has 1 amide bonds. The molecule has 0 radical (unpaired) electrons. The van der Waals surface area contributed by atoms with Gasteiger partial charge in [0.25, 0.3) is 0 Å². The first kappa shape index (κ1) is 59.8. The molecule has 0 bridgehead atoms. The van der Waals surface area contributed by atoms with E-state index in [1.807, 2.05) is 0 Å². The smallest absolute Gasteiger partial charge is 0.220 e.